The molecule has 1 aromatic carbocycles. The highest BCUT2D eigenvalue weighted by molar-refractivity contribution is 7.11. The van der Waals surface area contributed by atoms with Gasteiger partial charge < -0.3 is 15.8 Å². The maximum absolute atomic E-state index is 12.5. The van der Waals surface area contributed by atoms with Crippen LogP contribution >= 0.6 is 11.5 Å². The lowest BCUT2D eigenvalue weighted by Crippen LogP contribution is -2.05. The number of rotatable bonds is 5. The Hall–Kier alpha value is -1.96. The number of nitrogens with zero attached hydrogens (tertiary/aromatic N) is 1. The first-order valence-corrected chi connectivity index (χ1v) is 6.97. The van der Waals surface area contributed by atoms with Gasteiger partial charge in [0, 0.05) is 6.54 Å². The molecule has 0 fully saturated rings. The van der Waals surface area contributed by atoms with Gasteiger partial charge in [0.25, 0.3) is 0 Å². The molecular weight excluding hydrogens is 303 g/mol. The highest BCUT2D eigenvalue weighted by atomic mass is 32.1. The highest BCUT2D eigenvalue weighted by Crippen LogP contribution is 2.35. The largest absolute Gasteiger partial charge is 0.487 e. The van der Waals surface area contributed by atoms with E-state index >= 15 is 0 Å². The van der Waals surface area contributed by atoms with Crippen molar-refractivity contribution in [1.29, 1.82) is 0 Å². The number of nitrogens with one attached hydrogen (secondary N) is 1. The fourth-order valence-corrected chi connectivity index (χ4v) is 2.34. The van der Waals surface area contributed by atoms with Gasteiger partial charge in [0.15, 0.2) is 16.6 Å². The molecule has 21 heavy (non-hydrogen) atoms. The topological polar surface area (TPSA) is 60.2 Å². The Bertz CT molecular complexity index is 596. The second-order valence-corrected chi connectivity index (χ2v) is 4.98. The van der Waals surface area contributed by atoms with Gasteiger partial charge in [0.1, 0.15) is 0 Å². The molecule has 0 aliphatic carbocycles. The molecule has 2 aromatic rings. The van der Waals surface area contributed by atoms with E-state index in [1.165, 1.54) is 12.1 Å². The molecule has 0 unspecified atom stereocenters. The summed E-state index contributed by atoms with van der Waals surface area (Å²) in [6.45, 7) is 2.65. The van der Waals surface area contributed by atoms with Gasteiger partial charge in [-0.15, -0.1) is 0 Å². The molecule has 8 heteroatoms. The lowest BCUT2D eigenvalue weighted by molar-refractivity contribution is -0.137. The minimum absolute atomic E-state index is 0.303. The standard InChI is InChI=1S/C13H14F3N3OS/c1-2-20-10-11(17)19-21-12(10)18-7-8-3-5-9(6-4-8)13(14,15)16/h3-6,18H,2,7H2,1H3,(H2,17,19). The fraction of sp³-hybridized carbons (Fsp3) is 0.308. The average molecular weight is 317 g/mol. The molecule has 0 bridgehead atoms. The van der Waals surface area contributed by atoms with Crippen molar-refractivity contribution in [2.45, 2.75) is 19.6 Å². The highest BCUT2D eigenvalue weighted by Gasteiger charge is 2.29. The summed E-state index contributed by atoms with van der Waals surface area (Å²) < 4.78 is 46.7. The van der Waals surface area contributed by atoms with Crippen LogP contribution in [0, 0.1) is 0 Å². The number of hydrogen-bond donors (Lipinski definition) is 2. The minimum Gasteiger partial charge on any atom is -0.487 e. The SMILES string of the molecule is CCOc1c(N)nsc1NCc1ccc(C(F)(F)F)cc1. The van der Waals surface area contributed by atoms with E-state index in [-0.39, 0.29) is 0 Å². The zero-order chi connectivity index (χ0) is 15.5. The number of nitrogen functional groups attached to an aromatic ring is 1. The van der Waals surface area contributed by atoms with Gasteiger partial charge in [-0.1, -0.05) is 12.1 Å². The first-order valence-electron chi connectivity index (χ1n) is 6.19. The van der Waals surface area contributed by atoms with Gasteiger partial charge in [-0.25, -0.2) is 0 Å². The van der Waals surface area contributed by atoms with Crippen LogP contribution < -0.4 is 15.8 Å². The first-order chi connectivity index (χ1) is 9.91. The van der Waals surface area contributed by atoms with Crippen LogP contribution in [-0.2, 0) is 12.7 Å². The molecule has 0 amide bonds. The molecule has 3 N–H and O–H groups in total. The Balaban J connectivity index is 2.03. The average Bonchev–Trinajstić information content (AvgIpc) is 2.78. The number of alkyl halides is 3. The van der Waals surface area contributed by atoms with E-state index in [1.54, 1.807) is 0 Å². The predicted octanol–water partition coefficient (Wildman–Crippen LogP) is 3.75. The van der Waals surface area contributed by atoms with E-state index in [2.05, 4.69) is 9.69 Å². The van der Waals surface area contributed by atoms with Crippen LogP contribution in [0.25, 0.3) is 0 Å². The van der Waals surface area contributed by atoms with E-state index in [0.29, 0.717) is 29.7 Å². The van der Waals surface area contributed by atoms with Crippen molar-refractivity contribution in [2.75, 3.05) is 17.7 Å². The third kappa shape index (κ3) is 3.78. The van der Waals surface area contributed by atoms with Gasteiger partial charge in [0.05, 0.1) is 12.2 Å². The van der Waals surface area contributed by atoms with Crippen LogP contribution in [0.2, 0.25) is 0 Å². The second-order valence-electron chi connectivity index (χ2n) is 4.21. The zero-order valence-corrected chi connectivity index (χ0v) is 12.0. The van der Waals surface area contributed by atoms with Crippen molar-refractivity contribution in [3.8, 4) is 5.75 Å². The molecule has 114 valence electrons. The van der Waals surface area contributed by atoms with Crippen LogP contribution in [-0.4, -0.2) is 11.0 Å². The third-order valence-corrected chi connectivity index (χ3v) is 3.50. The summed E-state index contributed by atoms with van der Waals surface area (Å²) in [5.41, 5.74) is 5.73. The van der Waals surface area contributed by atoms with Gasteiger partial charge in [-0.3, -0.25) is 0 Å². The van der Waals surface area contributed by atoms with Crippen LogP contribution in [0.4, 0.5) is 24.0 Å². The van der Waals surface area contributed by atoms with Crippen molar-refractivity contribution in [2.24, 2.45) is 0 Å². The Morgan fingerprint density at radius 3 is 2.52 bits per heavy atom. The van der Waals surface area contributed by atoms with Crippen LogP contribution in [0.5, 0.6) is 5.75 Å². The molecule has 0 saturated heterocycles. The van der Waals surface area contributed by atoms with Crippen molar-refractivity contribution >= 4 is 22.4 Å². The minimum atomic E-state index is -4.32. The predicted molar refractivity (Wildman–Crippen MR) is 76.5 cm³/mol. The lowest BCUT2D eigenvalue weighted by atomic mass is 10.1. The number of anilines is 2. The van der Waals surface area contributed by atoms with E-state index in [9.17, 15) is 13.2 Å². The molecule has 0 radical (unpaired) electrons. The van der Waals surface area contributed by atoms with Gasteiger partial charge in [-0.05, 0) is 36.2 Å². The van der Waals surface area contributed by atoms with Gasteiger partial charge >= 0.3 is 6.18 Å². The number of benzene rings is 1. The molecule has 0 atom stereocenters. The summed E-state index contributed by atoms with van der Waals surface area (Å²) in [6.07, 6.45) is -4.32. The zero-order valence-electron chi connectivity index (χ0n) is 11.2. The maximum Gasteiger partial charge on any atom is 0.416 e. The van der Waals surface area contributed by atoms with Crippen LogP contribution in [0.1, 0.15) is 18.1 Å². The van der Waals surface area contributed by atoms with Crippen molar-refractivity contribution < 1.29 is 17.9 Å². The fourth-order valence-electron chi connectivity index (χ4n) is 1.68. The quantitative estimate of drug-likeness (QED) is 0.881. The van der Waals surface area contributed by atoms with E-state index in [4.69, 9.17) is 10.5 Å². The van der Waals surface area contributed by atoms with E-state index in [1.807, 2.05) is 6.92 Å². The molecule has 0 aliphatic rings. The van der Waals surface area contributed by atoms with E-state index in [0.717, 1.165) is 29.2 Å². The number of halogens is 3. The van der Waals surface area contributed by atoms with Gasteiger partial charge in [0.2, 0.25) is 0 Å². The summed E-state index contributed by atoms with van der Waals surface area (Å²) in [7, 11) is 0. The Kier molecular flexibility index (Phi) is 4.56. The molecule has 1 aromatic heterocycles. The first kappa shape index (κ1) is 15.4. The molecule has 4 nitrogen and oxygen atoms in total. The summed E-state index contributed by atoms with van der Waals surface area (Å²) in [6, 6.07) is 4.98. The van der Waals surface area contributed by atoms with Crippen molar-refractivity contribution in [3.63, 3.8) is 0 Å². The summed E-state index contributed by atoms with van der Waals surface area (Å²) in [4.78, 5) is 0. The van der Waals surface area contributed by atoms with Gasteiger partial charge in [-0.2, -0.15) is 17.5 Å². The number of ether oxygens (including phenoxy) is 1. The third-order valence-electron chi connectivity index (χ3n) is 2.70. The number of nitrogens with two attached hydrogens (primary N) is 1. The second kappa shape index (κ2) is 6.21. The molecule has 2 rings (SSSR count). The van der Waals surface area contributed by atoms with Crippen LogP contribution in [0.3, 0.4) is 0 Å². The summed E-state index contributed by atoms with van der Waals surface area (Å²) in [5.74, 6) is 0.784. The summed E-state index contributed by atoms with van der Waals surface area (Å²) >= 11 is 1.15. The molecule has 0 aliphatic heterocycles. The van der Waals surface area contributed by atoms with Crippen molar-refractivity contribution in [3.05, 3.63) is 35.4 Å². The lowest BCUT2D eigenvalue weighted by Gasteiger charge is -2.09. The molecular formula is C13H14F3N3OS. The Morgan fingerprint density at radius 1 is 1.29 bits per heavy atom. The molecule has 0 spiro atoms. The molecule has 0 saturated carbocycles. The summed E-state index contributed by atoms with van der Waals surface area (Å²) in [5, 5.41) is 3.72. The normalized spacial score (nSPS) is 11.4. The smallest absolute Gasteiger partial charge is 0.416 e. The maximum atomic E-state index is 12.5. The monoisotopic (exact) mass is 317 g/mol. The van der Waals surface area contributed by atoms with Crippen LogP contribution in [0.15, 0.2) is 24.3 Å². The van der Waals surface area contributed by atoms with E-state index < -0.39 is 11.7 Å². The number of aromatic nitrogens is 1. The Morgan fingerprint density at radius 2 is 1.95 bits per heavy atom. The Labute approximate surface area is 123 Å². The van der Waals surface area contributed by atoms with Crippen molar-refractivity contribution in [1.82, 2.24) is 4.37 Å². The molecule has 1 heterocycles. The number of hydrogen-bond acceptors (Lipinski definition) is 5.